The molecule has 0 spiro atoms. The van der Waals surface area contributed by atoms with Crippen LogP contribution in [0, 0.1) is 0 Å². The standard InChI is InChI=1S/C12H27P.BH2O2.Na.H2O/c1-4-7-10-13(11-8-5-2)12-9-6-3;2-1-3;;/h4-12H2,1-3H3;1-2H;;1H2/q;-1;+1;. The summed E-state index contributed by atoms with van der Waals surface area (Å²) < 4.78 is 0. The Hall–Kier alpha value is 1.37. The first-order chi connectivity index (χ1) is 7.76. The van der Waals surface area contributed by atoms with Gasteiger partial charge in [0, 0.05) is 0 Å². The van der Waals surface area contributed by atoms with E-state index in [0.29, 0.717) is 7.92 Å². The number of hydrogen-bond donors (Lipinski definition) is 1. The maximum Gasteiger partial charge on any atom is 1.00 e. The summed E-state index contributed by atoms with van der Waals surface area (Å²) >= 11 is 0. The summed E-state index contributed by atoms with van der Waals surface area (Å²) in [5.74, 6) is 0. The molecule has 0 aliphatic heterocycles. The molecule has 0 aliphatic carbocycles. The molecule has 0 saturated carbocycles. The first-order valence-corrected chi connectivity index (χ1v) is 8.57. The zero-order chi connectivity index (χ0) is 12.6. The topological polar surface area (TPSA) is 74.8 Å². The monoisotopic (exact) mass is 288 g/mol. The molecule has 0 aromatic rings. The Morgan fingerprint density at radius 1 is 0.889 bits per heavy atom. The van der Waals surface area contributed by atoms with Crippen molar-refractivity contribution < 1.29 is 45.1 Å². The predicted molar refractivity (Wildman–Crippen MR) is 79.2 cm³/mol. The van der Waals surface area contributed by atoms with Crippen LogP contribution in [0.1, 0.15) is 59.3 Å². The van der Waals surface area contributed by atoms with Crippen molar-refractivity contribution in [3.05, 3.63) is 0 Å². The van der Waals surface area contributed by atoms with Crippen molar-refractivity contribution in [3.8, 4) is 0 Å². The normalized spacial score (nSPS) is 8.78. The number of rotatable bonds is 9. The molecule has 6 heteroatoms. The minimum Gasteiger partial charge on any atom is -0.859 e. The molecule has 0 radical (unpaired) electrons. The van der Waals surface area contributed by atoms with Gasteiger partial charge in [-0.25, -0.2) is 0 Å². The molecule has 0 amide bonds. The van der Waals surface area contributed by atoms with Gasteiger partial charge in [-0.1, -0.05) is 40.0 Å². The molecule has 3 N–H and O–H groups in total. The Morgan fingerprint density at radius 3 is 1.28 bits per heavy atom. The molecule has 3 nitrogen and oxygen atoms in total. The number of hydrogen-bond acceptors (Lipinski definition) is 2. The third kappa shape index (κ3) is 26.0. The van der Waals surface area contributed by atoms with E-state index in [1.165, 1.54) is 38.5 Å². The molecule has 0 atom stereocenters. The van der Waals surface area contributed by atoms with Crippen molar-refractivity contribution in [3.63, 3.8) is 0 Å². The zero-order valence-electron chi connectivity index (χ0n) is 12.9. The van der Waals surface area contributed by atoms with E-state index in [1.54, 1.807) is 18.5 Å². The molecule has 0 saturated heterocycles. The Bertz CT molecular complexity index is 104. The number of unbranched alkanes of at least 4 members (excludes halogenated alkanes) is 3. The Labute approximate surface area is 138 Å². The maximum atomic E-state index is 8.49. The van der Waals surface area contributed by atoms with Crippen LogP contribution in [-0.4, -0.2) is 36.7 Å². The SMILES string of the molecule is CCCCP(CCCC)CCCC.O.[Na+].[O-]BO. The van der Waals surface area contributed by atoms with Crippen LogP contribution in [0.2, 0.25) is 0 Å². The fourth-order valence-electron chi connectivity index (χ4n) is 1.48. The van der Waals surface area contributed by atoms with E-state index in [2.05, 4.69) is 20.8 Å². The van der Waals surface area contributed by atoms with Crippen LogP contribution in [0.5, 0.6) is 0 Å². The molecule has 0 aromatic heterocycles. The molecular formula is C12H31BNaO3P. The van der Waals surface area contributed by atoms with Gasteiger partial charge in [-0.3, -0.25) is 0 Å². The second kappa shape index (κ2) is 26.8. The van der Waals surface area contributed by atoms with Gasteiger partial charge in [0.2, 0.25) is 0 Å². The molecular weight excluding hydrogens is 257 g/mol. The van der Waals surface area contributed by atoms with E-state index >= 15 is 0 Å². The average molecular weight is 288 g/mol. The van der Waals surface area contributed by atoms with Crippen LogP contribution < -0.4 is 34.6 Å². The fraction of sp³-hybridized carbons (Fsp3) is 1.00. The molecule has 0 aliphatic rings. The van der Waals surface area contributed by atoms with Crippen molar-refractivity contribution >= 4 is 15.6 Å². The minimum absolute atomic E-state index is 0. The van der Waals surface area contributed by atoms with Crippen molar-refractivity contribution in [1.82, 2.24) is 0 Å². The Kier molecular flexibility index (Phi) is 41.3. The van der Waals surface area contributed by atoms with Crippen LogP contribution in [-0.2, 0) is 0 Å². The Balaban J connectivity index is -0.000000177. The summed E-state index contributed by atoms with van der Waals surface area (Å²) in [6.07, 6.45) is 13.2. The van der Waals surface area contributed by atoms with Gasteiger partial charge in [-0.2, -0.15) is 0 Å². The molecule has 0 aromatic carbocycles. The van der Waals surface area contributed by atoms with Crippen LogP contribution in [0.4, 0.5) is 0 Å². The molecule has 0 unspecified atom stereocenters. The van der Waals surface area contributed by atoms with Gasteiger partial charge in [-0.15, -0.1) is 7.92 Å². The van der Waals surface area contributed by atoms with Gasteiger partial charge in [-0.05, 0) is 37.7 Å². The third-order valence-corrected chi connectivity index (χ3v) is 5.33. The zero-order valence-corrected chi connectivity index (χ0v) is 15.8. The molecule has 0 bridgehead atoms. The smallest absolute Gasteiger partial charge is 0.859 e. The summed E-state index contributed by atoms with van der Waals surface area (Å²) in [5.41, 5.74) is 0. The van der Waals surface area contributed by atoms with Gasteiger partial charge >= 0.3 is 29.6 Å². The molecule has 106 valence electrons. The van der Waals surface area contributed by atoms with Gasteiger partial charge < -0.3 is 15.5 Å². The summed E-state index contributed by atoms with van der Waals surface area (Å²) in [6.45, 7) is 6.94. The summed E-state index contributed by atoms with van der Waals surface area (Å²) in [5, 5.41) is 15.5. The molecule has 0 fully saturated rings. The average Bonchev–Trinajstić information content (AvgIpc) is 2.29. The van der Waals surface area contributed by atoms with E-state index < -0.39 is 7.69 Å². The summed E-state index contributed by atoms with van der Waals surface area (Å²) in [4.78, 5) is 0. The van der Waals surface area contributed by atoms with Gasteiger partial charge in [0.15, 0.2) is 7.69 Å². The van der Waals surface area contributed by atoms with Gasteiger partial charge in [0.05, 0.1) is 0 Å². The van der Waals surface area contributed by atoms with Crippen molar-refractivity contribution in [2.75, 3.05) is 18.5 Å². The Morgan fingerprint density at radius 2 is 1.11 bits per heavy atom. The minimum atomic E-state index is -1.00. The van der Waals surface area contributed by atoms with Crippen molar-refractivity contribution in [2.24, 2.45) is 0 Å². The molecule has 0 rings (SSSR count). The van der Waals surface area contributed by atoms with Crippen molar-refractivity contribution in [2.45, 2.75) is 59.3 Å². The summed E-state index contributed by atoms with van der Waals surface area (Å²) in [6, 6.07) is 0. The third-order valence-electron chi connectivity index (χ3n) is 2.48. The van der Waals surface area contributed by atoms with Crippen LogP contribution in [0.25, 0.3) is 0 Å². The summed E-state index contributed by atoms with van der Waals surface area (Å²) in [7, 11) is -0.578. The predicted octanol–water partition coefficient (Wildman–Crippen LogP) is -1.35. The van der Waals surface area contributed by atoms with E-state index in [0.717, 1.165) is 0 Å². The largest absolute Gasteiger partial charge is 1.00 e. The van der Waals surface area contributed by atoms with E-state index in [1.807, 2.05) is 0 Å². The van der Waals surface area contributed by atoms with Crippen LogP contribution in [0.3, 0.4) is 0 Å². The maximum absolute atomic E-state index is 8.49. The quantitative estimate of drug-likeness (QED) is 0.421. The molecule has 0 heterocycles. The van der Waals surface area contributed by atoms with E-state index in [-0.39, 0.29) is 35.0 Å². The van der Waals surface area contributed by atoms with Crippen LogP contribution in [0.15, 0.2) is 0 Å². The molecule has 18 heavy (non-hydrogen) atoms. The van der Waals surface area contributed by atoms with Gasteiger partial charge in [0.1, 0.15) is 0 Å². The first-order valence-electron chi connectivity index (χ1n) is 6.67. The second-order valence-corrected chi connectivity index (χ2v) is 6.71. The van der Waals surface area contributed by atoms with Crippen LogP contribution >= 0.6 is 7.92 Å². The fourth-order valence-corrected chi connectivity index (χ4v) is 4.44. The second-order valence-electron chi connectivity index (χ2n) is 4.03. The van der Waals surface area contributed by atoms with Crippen molar-refractivity contribution in [1.29, 1.82) is 0 Å². The van der Waals surface area contributed by atoms with Gasteiger partial charge in [0.25, 0.3) is 0 Å². The van der Waals surface area contributed by atoms with E-state index in [4.69, 9.17) is 10.0 Å². The first kappa shape index (κ1) is 27.7. The van der Waals surface area contributed by atoms with E-state index in [9.17, 15) is 0 Å².